The number of carboxylic acid groups (broad SMARTS) is 1. The molecular weight excluding hydrogens is 787 g/mol. The van der Waals surface area contributed by atoms with Gasteiger partial charge in [0, 0.05) is 19.3 Å². The molecule has 0 aliphatic carbocycles. The van der Waals surface area contributed by atoms with E-state index < -0.39 is 18.1 Å². The molecule has 8 heteroatoms. The molecule has 8 nitrogen and oxygen atoms in total. The second-order valence-corrected chi connectivity index (χ2v) is 19.1. The molecule has 0 heterocycles. The zero-order chi connectivity index (χ0) is 46.3. The predicted molar refractivity (Wildman–Crippen MR) is 266 cm³/mol. The average molecular weight is 889 g/mol. The van der Waals surface area contributed by atoms with E-state index in [9.17, 15) is 19.5 Å². The Bertz CT molecular complexity index is 1130. The van der Waals surface area contributed by atoms with Crippen molar-refractivity contribution in [3.63, 3.8) is 0 Å². The smallest absolute Gasteiger partial charge is 0.362 e. The number of ether oxygens (including phenoxy) is 3. The summed E-state index contributed by atoms with van der Waals surface area (Å²) in [4.78, 5) is 37.2. The molecule has 0 rings (SSSR count). The summed E-state index contributed by atoms with van der Waals surface area (Å²) in [6.45, 7) is 4.67. The number of nitrogens with zero attached hydrogens (tertiary/aromatic N) is 1. The Kier molecular flexibility index (Phi) is 44.3. The zero-order valence-electron chi connectivity index (χ0n) is 42.0. The van der Waals surface area contributed by atoms with Crippen LogP contribution < -0.4 is 0 Å². The van der Waals surface area contributed by atoms with Crippen molar-refractivity contribution in [1.29, 1.82) is 0 Å². The van der Waals surface area contributed by atoms with Gasteiger partial charge in [-0.25, -0.2) is 4.79 Å². The number of carbonyl (C=O) groups excluding carboxylic acids is 2. The number of quaternary nitrogens is 1. The van der Waals surface area contributed by atoms with Crippen LogP contribution in [0.25, 0.3) is 0 Å². The van der Waals surface area contributed by atoms with E-state index in [1.807, 2.05) is 21.1 Å². The number of aliphatic carboxylic acids is 1. The van der Waals surface area contributed by atoms with Crippen LogP contribution in [0.15, 0.2) is 36.5 Å². The molecule has 0 amide bonds. The van der Waals surface area contributed by atoms with Gasteiger partial charge in [-0.05, 0) is 44.9 Å². The maximum absolute atomic E-state index is 12.8. The van der Waals surface area contributed by atoms with Gasteiger partial charge in [0.25, 0.3) is 0 Å². The van der Waals surface area contributed by atoms with Gasteiger partial charge in [-0.1, -0.05) is 217 Å². The van der Waals surface area contributed by atoms with Crippen molar-refractivity contribution in [2.45, 2.75) is 257 Å². The Morgan fingerprint density at radius 1 is 0.492 bits per heavy atom. The molecule has 0 aromatic heterocycles. The topological polar surface area (TPSA) is 99.1 Å². The van der Waals surface area contributed by atoms with E-state index in [4.69, 9.17) is 14.2 Å². The second kappa shape index (κ2) is 46.1. The Morgan fingerprint density at radius 3 is 1.32 bits per heavy atom. The summed E-state index contributed by atoms with van der Waals surface area (Å²) < 4.78 is 17.4. The second-order valence-electron chi connectivity index (χ2n) is 19.1. The van der Waals surface area contributed by atoms with Crippen molar-refractivity contribution >= 4 is 17.9 Å². The van der Waals surface area contributed by atoms with Crippen LogP contribution in [0.5, 0.6) is 0 Å². The zero-order valence-corrected chi connectivity index (χ0v) is 42.0. The third-order valence-electron chi connectivity index (χ3n) is 12.1. The van der Waals surface area contributed by atoms with Crippen molar-refractivity contribution < 1.29 is 38.2 Å². The molecule has 0 spiro atoms. The van der Waals surface area contributed by atoms with Gasteiger partial charge >= 0.3 is 17.9 Å². The van der Waals surface area contributed by atoms with E-state index in [1.54, 1.807) is 0 Å². The van der Waals surface area contributed by atoms with Gasteiger partial charge in [0.05, 0.1) is 34.4 Å². The Labute approximate surface area is 389 Å². The highest BCUT2D eigenvalue weighted by molar-refractivity contribution is 5.72. The van der Waals surface area contributed by atoms with Crippen LogP contribution >= 0.6 is 0 Å². The number of allylic oxidation sites excluding steroid dienone is 6. The summed E-state index contributed by atoms with van der Waals surface area (Å²) >= 11 is 0. The predicted octanol–water partition coefficient (Wildman–Crippen LogP) is 15.4. The van der Waals surface area contributed by atoms with E-state index in [-0.39, 0.29) is 36.2 Å². The lowest BCUT2D eigenvalue weighted by Crippen LogP contribution is -2.50. The van der Waals surface area contributed by atoms with Crippen molar-refractivity contribution in [2.24, 2.45) is 0 Å². The average Bonchev–Trinajstić information content (AvgIpc) is 3.24. The van der Waals surface area contributed by atoms with E-state index >= 15 is 0 Å². The molecule has 0 bridgehead atoms. The van der Waals surface area contributed by atoms with Crippen LogP contribution in [0.3, 0.4) is 0 Å². The summed E-state index contributed by atoms with van der Waals surface area (Å²) in [7, 11) is 5.54. The minimum Gasteiger partial charge on any atom is -0.477 e. The summed E-state index contributed by atoms with van der Waals surface area (Å²) in [5.41, 5.74) is 0. The number of unbranched alkanes of at least 4 members (excludes halogenated alkanes) is 28. The quantitative estimate of drug-likeness (QED) is 0.0281. The maximum atomic E-state index is 12.8. The number of hydrogen-bond acceptors (Lipinski definition) is 6. The Morgan fingerprint density at radius 2 is 0.889 bits per heavy atom. The molecule has 0 saturated heterocycles. The van der Waals surface area contributed by atoms with Crippen molar-refractivity contribution in [1.82, 2.24) is 0 Å². The first-order valence-electron chi connectivity index (χ1n) is 26.5. The maximum Gasteiger partial charge on any atom is 0.362 e. The molecule has 0 radical (unpaired) electrons. The number of rotatable bonds is 48. The van der Waals surface area contributed by atoms with Gasteiger partial charge in [0.15, 0.2) is 12.1 Å². The fourth-order valence-corrected chi connectivity index (χ4v) is 7.99. The molecule has 0 saturated carbocycles. The van der Waals surface area contributed by atoms with Gasteiger partial charge in [-0.3, -0.25) is 9.59 Å². The van der Waals surface area contributed by atoms with Crippen LogP contribution in [0.1, 0.15) is 245 Å². The fourth-order valence-electron chi connectivity index (χ4n) is 7.99. The van der Waals surface area contributed by atoms with Crippen LogP contribution in [0.4, 0.5) is 0 Å². The number of esters is 2. The lowest BCUT2D eigenvalue weighted by atomic mass is 10.0. The van der Waals surface area contributed by atoms with Gasteiger partial charge in [0.2, 0.25) is 0 Å². The summed E-state index contributed by atoms with van der Waals surface area (Å²) in [6.07, 6.45) is 54.8. The molecule has 0 aliphatic rings. The van der Waals surface area contributed by atoms with E-state index in [2.05, 4.69) is 50.3 Å². The van der Waals surface area contributed by atoms with Crippen LogP contribution in [-0.2, 0) is 28.6 Å². The summed E-state index contributed by atoms with van der Waals surface area (Å²) in [6, 6.07) is -0.613. The molecule has 368 valence electrons. The molecule has 0 aliphatic heterocycles. The molecule has 63 heavy (non-hydrogen) atoms. The normalized spacial score (nSPS) is 13.1. The highest BCUT2D eigenvalue weighted by atomic mass is 16.6. The Balaban J connectivity index is 4.18. The largest absolute Gasteiger partial charge is 0.477 e. The third kappa shape index (κ3) is 44.5. The number of likely N-dealkylation sites (N-methyl/N-ethyl adjacent to an activating group) is 1. The van der Waals surface area contributed by atoms with Gasteiger partial charge in [0.1, 0.15) is 6.61 Å². The Hall–Kier alpha value is -2.45. The van der Waals surface area contributed by atoms with Gasteiger partial charge in [-0.2, -0.15) is 0 Å². The lowest BCUT2D eigenvalue weighted by molar-refractivity contribution is -0.887. The first-order chi connectivity index (χ1) is 30.6. The fraction of sp³-hybridized carbons (Fsp3) is 0.836. The van der Waals surface area contributed by atoms with Crippen molar-refractivity contribution in [3.05, 3.63) is 36.5 Å². The van der Waals surface area contributed by atoms with Crippen molar-refractivity contribution in [2.75, 3.05) is 41.0 Å². The number of hydrogen-bond donors (Lipinski definition) is 1. The monoisotopic (exact) mass is 889 g/mol. The lowest BCUT2D eigenvalue weighted by Gasteiger charge is -2.31. The SMILES string of the molecule is CC/C=C/C/C=C/C/C=C/CCCCCCCCCCCCCCCC(=O)OC(COCCC(C(=O)O)[N+](C)(C)C)COC(=O)CCCCCCCCCCCCCCCCCC. The van der Waals surface area contributed by atoms with Gasteiger partial charge in [-0.15, -0.1) is 0 Å². The minimum atomic E-state index is -0.872. The highest BCUT2D eigenvalue weighted by Gasteiger charge is 2.31. The molecule has 0 fully saturated rings. The van der Waals surface area contributed by atoms with Crippen LogP contribution in [0, 0.1) is 0 Å². The van der Waals surface area contributed by atoms with Gasteiger partial charge < -0.3 is 23.8 Å². The standard InChI is InChI=1S/C55H101NO7/c1-6-8-10-12-14-16-18-20-22-24-25-26-27-28-29-30-32-34-36-38-40-42-44-46-54(58)63-51(49-61-48-47-52(55(59)60)56(3,4)5)50-62-53(57)45-43-41-39-37-35-33-31-23-21-19-17-15-13-11-9-7-2/h8,10,14,16,20,22,51-52H,6-7,9,11-13,15,17-19,21,23-50H2,1-5H3/p+1/b10-8+,16-14+,22-20+. The van der Waals surface area contributed by atoms with Crippen molar-refractivity contribution in [3.8, 4) is 0 Å². The molecule has 0 aromatic carbocycles. The van der Waals surface area contributed by atoms with E-state index in [0.717, 1.165) is 57.8 Å². The third-order valence-corrected chi connectivity index (χ3v) is 12.1. The number of carbonyl (C=O) groups is 3. The molecule has 0 aromatic rings. The van der Waals surface area contributed by atoms with Crippen LogP contribution in [-0.4, -0.2) is 80.6 Å². The summed E-state index contributed by atoms with van der Waals surface area (Å²) in [5.74, 6) is -1.45. The van der Waals surface area contributed by atoms with Crippen LogP contribution in [0.2, 0.25) is 0 Å². The molecular formula is C55H102NO7+. The van der Waals surface area contributed by atoms with E-state index in [0.29, 0.717) is 19.3 Å². The molecule has 1 N–H and O–H groups in total. The first kappa shape index (κ1) is 60.5. The minimum absolute atomic E-state index is 0.0468. The summed E-state index contributed by atoms with van der Waals surface area (Å²) in [5, 5.41) is 9.66. The molecule has 2 unspecified atom stereocenters. The number of carboxylic acids is 1. The van der Waals surface area contributed by atoms with E-state index in [1.165, 1.54) is 154 Å². The highest BCUT2D eigenvalue weighted by Crippen LogP contribution is 2.17. The molecule has 2 atom stereocenters. The first-order valence-corrected chi connectivity index (χ1v) is 26.5.